The number of amides is 1. The Hall–Kier alpha value is -2.11. The maximum atomic E-state index is 14.3. The maximum absolute atomic E-state index is 14.3. The predicted molar refractivity (Wildman–Crippen MR) is 77.7 cm³/mol. The lowest BCUT2D eigenvalue weighted by molar-refractivity contribution is -0.142. The van der Waals surface area contributed by atoms with Gasteiger partial charge >= 0.3 is 6.16 Å². The van der Waals surface area contributed by atoms with Gasteiger partial charge in [-0.3, -0.25) is 4.79 Å². The van der Waals surface area contributed by atoms with Crippen LogP contribution < -0.4 is 0 Å². The third-order valence-corrected chi connectivity index (χ3v) is 3.79. The molecule has 0 radical (unpaired) electrons. The predicted octanol–water partition coefficient (Wildman–Crippen LogP) is 2.96. The molecule has 22 heavy (non-hydrogen) atoms. The molecule has 120 valence electrons. The number of hydrogen-bond acceptors (Lipinski definition) is 4. The molecule has 1 aromatic rings. The number of carbonyl (C=O) groups excluding carboxylic acids is 2. The average Bonchev–Trinajstić information content (AvgIpc) is 2.47. The van der Waals surface area contributed by atoms with Gasteiger partial charge in [-0.1, -0.05) is 13.0 Å². The van der Waals surface area contributed by atoms with E-state index < -0.39 is 18.2 Å². The number of hydrogen-bond donors (Lipinski definition) is 0. The molecule has 2 rings (SSSR count). The van der Waals surface area contributed by atoms with Crippen molar-refractivity contribution in [2.75, 3.05) is 13.2 Å². The molecule has 1 unspecified atom stereocenters. The maximum Gasteiger partial charge on any atom is 0.510 e. The molecule has 0 aromatic heterocycles. The number of ether oxygens (including phenoxy) is 2. The van der Waals surface area contributed by atoms with Crippen LogP contribution in [0.5, 0.6) is 0 Å². The third kappa shape index (κ3) is 3.05. The van der Waals surface area contributed by atoms with Crippen molar-refractivity contribution in [1.82, 2.24) is 4.90 Å². The minimum Gasteiger partial charge on any atom is -0.435 e. The van der Waals surface area contributed by atoms with Crippen LogP contribution in [0, 0.1) is 5.82 Å². The van der Waals surface area contributed by atoms with Crippen molar-refractivity contribution in [2.45, 2.75) is 39.8 Å². The average molecular weight is 309 g/mol. The quantitative estimate of drug-likeness (QED) is 0.806. The zero-order valence-corrected chi connectivity index (χ0v) is 13.0. The van der Waals surface area contributed by atoms with Crippen molar-refractivity contribution in [1.29, 1.82) is 0 Å². The van der Waals surface area contributed by atoms with E-state index in [0.717, 1.165) is 17.5 Å². The van der Waals surface area contributed by atoms with Crippen LogP contribution in [-0.4, -0.2) is 30.1 Å². The fraction of sp³-hybridized carbons (Fsp3) is 0.500. The van der Waals surface area contributed by atoms with Crippen LogP contribution in [-0.2, 0) is 27.1 Å². The molecule has 0 aliphatic carbocycles. The Morgan fingerprint density at radius 2 is 2.09 bits per heavy atom. The second-order valence-corrected chi connectivity index (χ2v) is 5.07. The summed E-state index contributed by atoms with van der Waals surface area (Å²) in [4.78, 5) is 24.8. The number of rotatable bonds is 3. The topological polar surface area (TPSA) is 55.8 Å². The summed E-state index contributed by atoms with van der Waals surface area (Å²) in [6.07, 6.45) is -0.701. The summed E-state index contributed by atoms with van der Waals surface area (Å²) in [7, 11) is 0. The minimum atomic E-state index is -1.08. The molecule has 1 heterocycles. The van der Waals surface area contributed by atoms with Gasteiger partial charge in [-0.15, -0.1) is 0 Å². The zero-order valence-electron chi connectivity index (χ0n) is 13.0. The van der Waals surface area contributed by atoms with E-state index in [0.29, 0.717) is 13.0 Å². The van der Waals surface area contributed by atoms with Gasteiger partial charge in [-0.25, -0.2) is 9.18 Å². The Morgan fingerprint density at radius 3 is 2.68 bits per heavy atom. The third-order valence-electron chi connectivity index (χ3n) is 3.79. The first-order valence-corrected chi connectivity index (χ1v) is 7.40. The summed E-state index contributed by atoms with van der Waals surface area (Å²) in [6.45, 7) is 5.52. The normalized spacial score (nSPS) is 16.9. The summed E-state index contributed by atoms with van der Waals surface area (Å²) >= 11 is 0. The Balaban J connectivity index is 2.46. The van der Waals surface area contributed by atoms with Gasteiger partial charge < -0.3 is 14.4 Å². The van der Waals surface area contributed by atoms with Gasteiger partial charge in [0.15, 0.2) is 0 Å². The van der Waals surface area contributed by atoms with Gasteiger partial charge in [0.1, 0.15) is 5.82 Å². The standard InChI is InChI=1S/C16H20FNO4/c1-4-11-6-7-13(17)14-12(11)8-9-18(10(3)19)15(14)22-16(20)21-5-2/h6-7,15H,4-5,8-9H2,1-3H3. The highest BCUT2D eigenvalue weighted by Crippen LogP contribution is 2.35. The van der Waals surface area contributed by atoms with E-state index in [1.54, 1.807) is 13.0 Å². The van der Waals surface area contributed by atoms with Gasteiger partial charge in [-0.2, -0.15) is 0 Å². The molecule has 5 nitrogen and oxygen atoms in total. The molecule has 0 saturated heterocycles. The van der Waals surface area contributed by atoms with Crippen LogP contribution in [0.15, 0.2) is 12.1 Å². The van der Waals surface area contributed by atoms with Crippen LogP contribution in [0.3, 0.4) is 0 Å². The van der Waals surface area contributed by atoms with E-state index >= 15 is 0 Å². The number of halogens is 1. The van der Waals surface area contributed by atoms with Crippen molar-refractivity contribution in [2.24, 2.45) is 0 Å². The first kappa shape index (κ1) is 16.3. The van der Waals surface area contributed by atoms with Crippen LogP contribution in [0.1, 0.15) is 43.7 Å². The molecule has 0 saturated carbocycles. The van der Waals surface area contributed by atoms with E-state index in [9.17, 15) is 14.0 Å². The number of aryl methyl sites for hydroxylation is 1. The largest absolute Gasteiger partial charge is 0.510 e. The summed E-state index contributed by atoms with van der Waals surface area (Å²) in [5.41, 5.74) is 2.07. The van der Waals surface area contributed by atoms with E-state index in [1.807, 2.05) is 6.92 Å². The first-order valence-electron chi connectivity index (χ1n) is 7.40. The van der Waals surface area contributed by atoms with E-state index in [-0.39, 0.29) is 18.1 Å². The van der Waals surface area contributed by atoms with Crippen LogP contribution in [0.2, 0.25) is 0 Å². The highest BCUT2D eigenvalue weighted by atomic mass is 19.1. The molecule has 0 spiro atoms. The Morgan fingerprint density at radius 1 is 1.36 bits per heavy atom. The number of fused-ring (bicyclic) bond motifs is 1. The second kappa shape index (κ2) is 6.77. The lowest BCUT2D eigenvalue weighted by atomic mass is 9.91. The highest BCUT2D eigenvalue weighted by molar-refractivity contribution is 5.74. The monoisotopic (exact) mass is 309 g/mol. The van der Waals surface area contributed by atoms with Gasteiger partial charge in [0.2, 0.25) is 12.1 Å². The summed E-state index contributed by atoms with van der Waals surface area (Å²) in [6, 6.07) is 3.09. The zero-order chi connectivity index (χ0) is 16.3. The van der Waals surface area contributed by atoms with Gasteiger partial charge in [0.05, 0.1) is 12.2 Å². The first-order chi connectivity index (χ1) is 10.5. The summed E-state index contributed by atoms with van der Waals surface area (Å²) in [5, 5.41) is 0. The van der Waals surface area contributed by atoms with E-state index in [1.165, 1.54) is 17.9 Å². The van der Waals surface area contributed by atoms with Gasteiger partial charge in [0.25, 0.3) is 0 Å². The molecule has 1 aromatic carbocycles. The molecule has 1 aliphatic rings. The minimum absolute atomic E-state index is 0.149. The number of carbonyl (C=O) groups is 2. The lowest BCUT2D eigenvalue weighted by Crippen LogP contribution is -2.42. The molecule has 1 atom stereocenters. The number of benzene rings is 1. The van der Waals surface area contributed by atoms with Crippen molar-refractivity contribution in [3.8, 4) is 0 Å². The Kier molecular flexibility index (Phi) is 5.00. The van der Waals surface area contributed by atoms with Crippen molar-refractivity contribution in [3.63, 3.8) is 0 Å². The molecule has 0 N–H and O–H groups in total. The van der Waals surface area contributed by atoms with Crippen molar-refractivity contribution in [3.05, 3.63) is 34.6 Å². The molecule has 6 heteroatoms. The molecule has 1 aliphatic heterocycles. The molecular formula is C16H20FNO4. The summed E-state index contributed by atoms with van der Waals surface area (Å²) < 4.78 is 24.3. The smallest absolute Gasteiger partial charge is 0.435 e. The molecule has 0 bridgehead atoms. The van der Waals surface area contributed by atoms with E-state index in [4.69, 9.17) is 9.47 Å². The van der Waals surface area contributed by atoms with Crippen molar-refractivity contribution < 1.29 is 23.5 Å². The van der Waals surface area contributed by atoms with Crippen molar-refractivity contribution >= 4 is 12.1 Å². The van der Waals surface area contributed by atoms with Gasteiger partial charge in [-0.05, 0) is 37.0 Å². The van der Waals surface area contributed by atoms with Crippen LogP contribution >= 0.6 is 0 Å². The lowest BCUT2D eigenvalue weighted by Gasteiger charge is -2.36. The Bertz CT molecular complexity index is 588. The summed E-state index contributed by atoms with van der Waals surface area (Å²) in [5.74, 6) is -0.756. The van der Waals surface area contributed by atoms with Gasteiger partial charge in [0, 0.05) is 13.5 Å². The molecule has 1 amide bonds. The fourth-order valence-corrected chi connectivity index (χ4v) is 2.77. The fourth-order valence-electron chi connectivity index (χ4n) is 2.77. The van der Waals surface area contributed by atoms with E-state index in [2.05, 4.69) is 0 Å². The van der Waals surface area contributed by atoms with Crippen LogP contribution in [0.25, 0.3) is 0 Å². The number of nitrogens with zero attached hydrogens (tertiary/aromatic N) is 1. The highest BCUT2D eigenvalue weighted by Gasteiger charge is 2.36. The second-order valence-electron chi connectivity index (χ2n) is 5.07. The molecular weight excluding hydrogens is 289 g/mol. The van der Waals surface area contributed by atoms with Crippen LogP contribution in [0.4, 0.5) is 9.18 Å². The molecule has 0 fully saturated rings. The Labute approximate surface area is 129 Å². The SMILES string of the molecule is CCOC(=O)OC1c2c(F)ccc(CC)c2CCN1C(C)=O.